The molecule has 0 atom stereocenters. The minimum absolute atomic E-state index is 0.0163. The van der Waals surface area contributed by atoms with E-state index in [2.05, 4.69) is 10.1 Å². The molecule has 2 heterocycles. The molecule has 0 amide bonds. The third kappa shape index (κ3) is 1.99. The number of rotatable bonds is 2. The highest BCUT2D eigenvalue weighted by molar-refractivity contribution is 5.87. The van der Waals surface area contributed by atoms with Crippen molar-refractivity contribution in [1.82, 2.24) is 14.6 Å². The van der Waals surface area contributed by atoms with Crippen molar-refractivity contribution < 1.29 is 18.7 Å². The van der Waals surface area contributed by atoms with Gasteiger partial charge in [0.25, 0.3) is 0 Å². The Hall–Kier alpha value is -2.83. The summed E-state index contributed by atoms with van der Waals surface area (Å²) in [6, 6.07) is 4.97. The fourth-order valence-electron chi connectivity index (χ4n) is 1.78. The molecule has 1 N–H and O–H groups in total. The van der Waals surface area contributed by atoms with E-state index >= 15 is 0 Å². The van der Waals surface area contributed by atoms with Crippen molar-refractivity contribution in [2.75, 3.05) is 0 Å². The average Bonchev–Trinajstić information content (AvgIpc) is 2.84. The summed E-state index contributed by atoms with van der Waals surface area (Å²) in [5.41, 5.74) is 1.15. The molecule has 3 aromatic rings. The molecule has 5 nitrogen and oxygen atoms in total. The zero-order valence-electron chi connectivity index (χ0n) is 9.92. The van der Waals surface area contributed by atoms with Crippen molar-refractivity contribution in [3.63, 3.8) is 0 Å². The lowest BCUT2D eigenvalue weighted by Gasteiger charge is -1.97. The van der Waals surface area contributed by atoms with E-state index in [1.54, 1.807) is 6.07 Å². The fraction of sp³-hybridized carbons (Fsp3) is 0. The largest absolute Gasteiger partial charge is 0.478 e. The minimum Gasteiger partial charge on any atom is -0.478 e. The maximum atomic E-state index is 13.2. The first-order valence-corrected chi connectivity index (χ1v) is 5.59. The number of aromatic carboxylic acids is 1. The average molecular weight is 275 g/mol. The minimum atomic E-state index is -1.12. The SMILES string of the molecule is O=C(O)c1cnc2cc(-c3ccc(F)c(F)c3)nn2c1. The summed E-state index contributed by atoms with van der Waals surface area (Å²) >= 11 is 0. The van der Waals surface area contributed by atoms with Gasteiger partial charge in [-0.1, -0.05) is 0 Å². The van der Waals surface area contributed by atoms with Gasteiger partial charge in [0.05, 0.1) is 11.3 Å². The zero-order chi connectivity index (χ0) is 14.3. The Bertz CT molecular complexity index is 830. The maximum Gasteiger partial charge on any atom is 0.338 e. The van der Waals surface area contributed by atoms with Gasteiger partial charge in [-0.15, -0.1) is 0 Å². The Morgan fingerprint density at radius 2 is 2.00 bits per heavy atom. The molecule has 0 fully saturated rings. The van der Waals surface area contributed by atoms with Gasteiger partial charge in [-0.3, -0.25) is 0 Å². The summed E-state index contributed by atoms with van der Waals surface area (Å²) in [4.78, 5) is 14.8. The third-order valence-electron chi connectivity index (χ3n) is 2.78. The second-order valence-electron chi connectivity index (χ2n) is 4.11. The molecule has 0 aliphatic heterocycles. The number of carboxylic acids is 1. The van der Waals surface area contributed by atoms with Crippen molar-refractivity contribution in [3.8, 4) is 11.3 Å². The summed E-state index contributed by atoms with van der Waals surface area (Å²) in [7, 11) is 0. The third-order valence-corrected chi connectivity index (χ3v) is 2.78. The van der Waals surface area contributed by atoms with E-state index in [0.717, 1.165) is 12.1 Å². The summed E-state index contributed by atoms with van der Waals surface area (Å²) in [5.74, 6) is -3.04. The van der Waals surface area contributed by atoms with Gasteiger partial charge in [0.2, 0.25) is 0 Å². The van der Waals surface area contributed by atoms with Gasteiger partial charge in [0.1, 0.15) is 0 Å². The molecular formula is C13H7F2N3O2. The van der Waals surface area contributed by atoms with E-state index in [-0.39, 0.29) is 5.56 Å². The standard InChI is InChI=1S/C13H7F2N3O2/c14-9-2-1-7(3-10(9)15)11-4-12-16-5-8(13(19)20)6-18(12)17-11/h1-6H,(H,19,20). The highest BCUT2D eigenvalue weighted by atomic mass is 19.2. The molecule has 100 valence electrons. The molecule has 1 aromatic carbocycles. The Kier molecular flexibility index (Phi) is 2.67. The molecule has 20 heavy (non-hydrogen) atoms. The summed E-state index contributed by atoms with van der Waals surface area (Å²) in [5, 5.41) is 13.0. The van der Waals surface area contributed by atoms with Crippen LogP contribution < -0.4 is 0 Å². The first-order chi connectivity index (χ1) is 9.54. The van der Waals surface area contributed by atoms with Gasteiger partial charge in [-0.25, -0.2) is 23.1 Å². The van der Waals surface area contributed by atoms with E-state index in [9.17, 15) is 13.6 Å². The Morgan fingerprint density at radius 1 is 1.20 bits per heavy atom. The predicted octanol–water partition coefficient (Wildman–Crippen LogP) is 2.37. The van der Waals surface area contributed by atoms with Crippen LogP contribution in [0.15, 0.2) is 36.7 Å². The molecule has 0 radical (unpaired) electrons. The van der Waals surface area contributed by atoms with Crippen LogP contribution in [0, 0.1) is 11.6 Å². The Morgan fingerprint density at radius 3 is 2.70 bits per heavy atom. The normalized spacial score (nSPS) is 10.9. The van der Waals surface area contributed by atoms with Gasteiger partial charge in [0, 0.05) is 24.0 Å². The first kappa shape index (κ1) is 12.2. The summed E-state index contributed by atoms with van der Waals surface area (Å²) in [6.07, 6.45) is 2.50. The summed E-state index contributed by atoms with van der Waals surface area (Å²) in [6.45, 7) is 0. The van der Waals surface area contributed by atoms with Gasteiger partial charge in [-0.05, 0) is 18.2 Å². The maximum absolute atomic E-state index is 13.2. The topological polar surface area (TPSA) is 67.5 Å². The number of nitrogens with zero attached hydrogens (tertiary/aromatic N) is 3. The van der Waals surface area contributed by atoms with Crippen molar-refractivity contribution in [2.45, 2.75) is 0 Å². The number of halogens is 2. The van der Waals surface area contributed by atoms with Gasteiger partial charge in [0.15, 0.2) is 17.3 Å². The second-order valence-corrected chi connectivity index (χ2v) is 4.11. The molecule has 0 spiro atoms. The summed E-state index contributed by atoms with van der Waals surface area (Å²) < 4.78 is 27.3. The van der Waals surface area contributed by atoms with Crippen LogP contribution in [-0.2, 0) is 0 Å². The van der Waals surface area contributed by atoms with Crippen LogP contribution in [0.25, 0.3) is 16.9 Å². The quantitative estimate of drug-likeness (QED) is 0.779. The molecule has 0 aliphatic carbocycles. The number of carboxylic acid groups (broad SMARTS) is 1. The lowest BCUT2D eigenvalue weighted by atomic mass is 10.1. The number of hydrogen-bond acceptors (Lipinski definition) is 3. The number of aromatic nitrogens is 3. The van der Waals surface area contributed by atoms with Crippen LogP contribution >= 0.6 is 0 Å². The van der Waals surface area contributed by atoms with E-state index in [0.29, 0.717) is 16.9 Å². The van der Waals surface area contributed by atoms with Crippen molar-refractivity contribution >= 4 is 11.6 Å². The molecule has 0 bridgehead atoms. The molecule has 0 saturated carbocycles. The van der Waals surface area contributed by atoms with Crippen LogP contribution in [0.1, 0.15) is 10.4 Å². The highest BCUT2D eigenvalue weighted by Gasteiger charge is 2.11. The number of hydrogen-bond donors (Lipinski definition) is 1. The van der Waals surface area contributed by atoms with Crippen LogP contribution in [0.4, 0.5) is 8.78 Å². The number of benzene rings is 1. The highest BCUT2D eigenvalue weighted by Crippen LogP contribution is 2.21. The number of carbonyl (C=O) groups is 1. The fourth-order valence-corrected chi connectivity index (χ4v) is 1.78. The Balaban J connectivity index is 2.12. The van der Waals surface area contributed by atoms with E-state index in [1.165, 1.54) is 23.0 Å². The molecule has 3 rings (SSSR count). The van der Waals surface area contributed by atoms with Crippen LogP contribution in [0.2, 0.25) is 0 Å². The first-order valence-electron chi connectivity index (χ1n) is 5.59. The molecule has 0 aliphatic rings. The van der Waals surface area contributed by atoms with Gasteiger partial charge >= 0.3 is 5.97 Å². The van der Waals surface area contributed by atoms with E-state index in [1.807, 2.05) is 0 Å². The Labute approximate surface area is 111 Å². The predicted molar refractivity (Wildman–Crippen MR) is 65.3 cm³/mol. The van der Waals surface area contributed by atoms with Gasteiger partial charge < -0.3 is 5.11 Å². The van der Waals surface area contributed by atoms with E-state index < -0.39 is 17.6 Å². The smallest absolute Gasteiger partial charge is 0.338 e. The molecule has 0 unspecified atom stereocenters. The number of fused-ring (bicyclic) bond motifs is 1. The van der Waals surface area contributed by atoms with E-state index in [4.69, 9.17) is 5.11 Å². The lowest BCUT2D eigenvalue weighted by Crippen LogP contribution is -2.01. The molecule has 0 saturated heterocycles. The monoisotopic (exact) mass is 275 g/mol. The van der Waals surface area contributed by atoms with Crippen molar-refractivity contribution in [3.05, 3.63) is 53.9 Å². The lowest BCUT2D eigenvalue weighted by molar-refractivity contribution is 0.0695. The molecule has 7 heteroatoms. The zero-order valence-corrected chi connectivity index (χ0v) is 9.92. The molecular weight excluding hydrogens is 268 g/mol. The van der Waals surface area contributed by atoms with Crippen LogP contribution in [-0.4, -0.2) is 25.7 Å². The molecule has 2 aromatic heterocycles. The van der Waals surface area contributed by atoms with Crippen LogP contribution in [0.5, 0.6) is 0 Å². The van der Waals surface area contributed by atoms with Crippen molar-refractivity contribution in [2.24, 2.45) is 0 Å². The van der Waals surface area contributed by atoms with Crippen LogP contribution in [0.3, 0.4) is 0 Å². The van der Waals surface area contributed by atoms with Crippen molar-refractivity contribution in [1.29, 1.82) is 0 Å². The second kappa shape index (κ2) is 4.37. The van der Waals surface area contributed by atoms with Gasteiger partial charge in [-0.2, -0.15) is 5.10 Å².